The third kappa shape index (κ3) is 5.53. The summed E-state index contributed by atoms with van der Waals surface area (Å²) in [6, 6.07) is 3.88. The van der Waals surface area contributed by atoms with E-state index in [0.717, 1.165) is 12.3 Å². The standard InChI is InChI=1S/C25H25ClF3N7O3S2/c26-18-11-14(27)1-2-17(18)22-21(19-5-9-36(32-19)25(28)29)20-12-15(13-35(20)23(31-22)24-30-6-10-40-24)33-41(38,39)34-7-3-16(37)4-8-34/h1-2,5-6,9-11,15-16,22,25,33,37H,3-4,7-8,12-13H2/t15-,22-/m0/s1. The second-order valence-corrected chi connectivity index (χ2v) is 12.9. The number of fused-ring (bicyclic) bond motifs is 1. The SMILES string of the molecule is O=S(=O)(N[C@H]1CC2=C(c3ccn(C(F)F)n3)[C@H](c3ccc(F)cc3Cl)N=C(c3nccs3)N2C1)N1CCC(O)CC1. The summed E-state index contributed by atoms with van der Waals surface area (Å²) in [4.78, 5) is 11.2. The van der Waals surface area contributed by atoms with Gasteiger partial charge in [0.15, 0.2) is 10.8 Å². The predicted molar refractivity (Wildman–Crippen MR) is 147 cm³/mol. The predicted octanol–water partition coefficient (Wildman–Crippen LogP) is 3.81. The number of aliphatic hydroxyl groups is 1. The molecule has 0 amide bonds. The highest BCUT2D eigenvalue weighted by molar-refractivity contribution is 7.87. The minimum atomic E-state index is -3.88. The van der Waals surface area contributed by atoms with Gasteiger partial charge in [-0.2, -0.15) is 31.3 Å². The van der Waals surface area contributed by atoms with Crippen molar-refractivity contribution >= 4 is 44.6 Å². The number of benzene rings is 1. The van der Waals surface area contributed by atoms with Crippen LogP contribution in [0.25, 0.3) is 5.57 Å². The first-order valence-electron chi connectivity index (χ1n) is 12.8. The molecule has 2 N–H and O–H groups in total. The molecular weight excluding hydrogens is 603 g/mol. The molecule has 3 aliphatic rings. The molecule has 16 heteroatoms. The number of hydrogen-bond donors (Lipinski definition) is 2. The van der Waals surface area contributed by atoms with Crippen LogP contribution in [0.5, 0.6) is 0 Å². The lowest BCUT2D eigenvalue weighted by Gasteiger charge is -2.32. The van der Waals surface area contributed by atoms with Gasteiger partial charge in [0.2, 0.25) is 0 Å². The van der Waals surface area contributed by atoms with E-state index in [-0.39, 0.29) is 36.8 Å². The lowest BCUT2D eigenvalue weighted by Crippen LogP contribution is -2.49. The van der Waals surface area contributed by atoms with Crippen molar-refractivity contribution in [3.05, 3.63) is 74.8 Å². The number of amidine groups is 1. The number of nitrogens with one attached hydrogen (secondary N) is 1. The molecule has 5 heterocycles. The fourth-order valence-electron chi connectivity index (χ4n) is 5.40. The Balaban J connectivity index is 1.45. The average molecular weight is 628 g/mol. The molecule has 0 bridgehead atoms. The van der Waals surface area contributed by atoms with Crippen LogP contribution in [0.3, 0.4) is 0 Å². The van der Waals surface area contributed by atoms with Gasteiger partial charge in [0.25, 0.3) is 10.2 Å². The van der Waals surface area contributed by atoms with E-state index in [1.54, 1.807) is 11.6 Å². The molecule has 2 aromatic heterocycles. The molecule has 1 aromatic carbocycles. The number of aliphatic imine (C=N–C) groups is 1. The van der Waals surface area contributed by atoms with E-state index in [2.05, 4.69) is 14.8 Å². The van der Waals surface area contributed by atoms with E-state index < -0.39 is 40.8 Å². The van der Waals surface area contributed by atoms with Gasteiger partial charge in [-0.1, -0.05) is 17.7 Å². The quantitative estimate of drug-likeness (QED) is 0.412. The highest BCUT2D eigenvalue weighted by Gasteiger charge is 2.42. The topological polar surface area (TPSA) is 116 Å². The number of nitrogens with zero attached hydrogens (tertiary/aromatic N) is 6. The van der Waals surface area contributed by atoms with Gasteiger partial charge in [-0.3, -0.25) is 4.99 Å². The molecule has 0 saturated carbocycles. The molecule has 0 aliphatic carbocycles. The van der Waals surface area contributed by atoms with Crippen LogP contribution in [0.4, 0.5) is 13.2 Å². The van der Waals surface area contributed by atoms with Crippen LogP contribution in [-0.2, 0) is 10.2 Å². The first-order chi connectivity index (χ1) is 19.6. The molecule has 0 spiro atoms. The minimum absolute atomic E-state index is 0.0969. The lowest BCUT2D eigenvalue weighted by atomic mass is 9.92. The summed E-state index contributed by atoms with van der Waals surface area (Å²) in [7, 11) is -3.88. The van der Waals surface area contributed by atoms with Gasteiger partial charge in [-0.05, 0) is 31.0 Å². The monoisotopic (exact) mass is 627 g/mol. The van der Waals surface area contributed by atoms with E-state index >= 15 is 0 Å². The number of rotatable bonds is 7. The van der Waals surface area contributed by atoms with Crippen molar-refractivity contribution < 1.29 is 26.7 Å². The van der Waals surface area contributed by atoms with Crippen LogP contribution in [-0.4, -0.2) is 75.1 Å². The average Bonchev–Trinajstić information content (AvgIpc) is 3.69. The van der Waals surface area contributed by atoms with Crippen molar-refractivity contribution in [3.8, 4) is 0 Å². The second-order valence-electron chi connectivity index (χ2n) is 9.94. The van der Waals surface area contributed by atoms with E-state index in [9.17, 15) is 26.7 Å². The molecule has 3 aliphatic heterocycles. The van der Waals surface area contributed by atoms with Crippen LogP contribution >= 0.6 is 22.9 Å². The van der Waals surface area contributed by atoms with Crippen LogP contribution in [0.1, 0.15) is 48.1 Å². The normalized spacial score (nSPS) is 22.5. The summed E-state index contributed by atoms with van der Waals surface area (Å²) in [6.45, 7) is -2.28. The largest absolute Gasteiger partial charge is 0.393 e. The molecule has 6 rings (SSSR count). The number of halogens is 4. The molecular formula is C25H25ClF3N7O3S2. The number of piperidine rings is 1. The van der Waals surface area contributed by atoms with E-state index in [1.807, 2.05) is 4.90 Å². The molecule has 2 fully saturated rings. The smallest absolute Gasteiger partial charge is 0.333 e. The summed E-state index contributed by atoms with van der Waals surface area (Å²) < 4.78 is 72.2. The minimum Gasteiger partial charge on any atom is -0.393 e. The maximum atomic E-state index is 14.0. The van der Waals surface area contributed by atoms with Crippen molar-refractivity contribution in [2.75, 3.05) is 19.6 Å². The summed E-state index contributed by atoms with van der Waals surface area (Å²) in [5.74, 6) is -0.0858. The Kier molecular flexibility index (Phi) is 7.67. The Labute approximate surface area is 243 Å². The molecule has 218 valence electrons. The molecule has 41 heavy (non-hydrogen) atoms. The zero-order valence-corrected chi connectivity index (χ0v) is 23.8. The van der Waals surface area contributed by atoms with Crippen molar-refractivity contribution in [1.82, 2.24) is 28.7 Å². The zero-order valence-electron chi connectivity index (χ0n) is 21.4. The van der Waals surface area contributed by atoms with Crippen molar-refractivity contribution in [1.29, 1.82) is 0 Å². The van der Waals surface area contributed by atoms with Crippen molar-refractivity contribution in [2.24, 2.45) is 4.99 Å². The highest BCUT2D eigenvalue weighted by Crippen LogP contribution is 2.46. The fraction of sp³-hybridized carbons (Fsp3) is 0.400. The van der Waals surface area contributed by atoms with Crippen LogP contribution in [0.15, 0.2) is 52.7 Å². The number of aliphatic hydroxyl groups excluding tert-OH is 1. The Morgan fingerprint density at radius 1 is 1.20 bits per heavy atom. The van der Waals surface area contributed by atoms with Gasteiger partial charge in [0.05, 0.1) is 11.8 Å². The van der Waals surface area contributed by atoms with E-state index in [0.29, 0.717) is 45.2 Å². The maximum absolute atomic E-state index is 14.0. The second kappa shape index (κ2) is 11.1. The van der Waals surface area contributed by atoms with Crippen molar-refractivity contribution in [3.63, 3.8) is 0 Å². The Morgan fingerprint density at radius 2 is 1.98 bits per heavy atom. The molecule has 2 saturated heterocycles. The first kappa shape index (κ1) is 28.3. The van der Waals surface area contributed by atoms with Crippen LogP contribution in [0, 0.1) is 5.82 Å². The molecule has 0 radical (unpaired) electrons. The Hall–Kier alpha value is -2.82. The van der Waals surface area contributed by atoms with Gasteiger partial charge in [-0.15, -0.1) is 11.3 Å². The number of thiazole rings is 1. The lowest BCUT2D eigenvalue weighted by molar-refractivity contribution is 0.0564. The van der Waals surface area contributed by atoms with E-state index in [1.165, 1.54) is 33.8 Å². The van der Waals surface area contributed by atoms with Gasteiger partial charge < -0.3 is 10.0 Å². The summed E-state index contributed by atoms with van der Waals surface area (Å²) in [5, 5.41) is 16.3. The summed E-state index contributed by atoms with van der Waals surface area (Å²) >= 11 is 7.82. The number of aromatic nitrogens is 3. The third-order valence-corrected chi connectivity index (χ3v) is 10.1. The third-order valence-electron chi connectivity index (χ3n) is 7.30. The van der Waals surface area contributed by atoms with Crippen LogP contribution < -0.4 is 4.72 Å². The first-order valence-corrected chi connectivity index (χ1v) is 15.5. The Morgan fingerprint density at radius 3 is 2.63 bits per heavy atom. The Bertz CT molecular complexity index is 1610. The summed E-state index contributed by atoms with van der Waals surface area (Å²) in [6.07, 6.45) is 3.14. The van der Waals surface area contributed by atoms with Gasteiger partial charge in [0.1, 0.15) is 11.9 Å². The van der Waals surface area contributed by atoms with Gasteiger partial charge in [0, 0.05) is 71.7 Å². The van der Waals surface area contributed by atoms with Crippen LogP contribution in [0.2, 0.25) is 5.02 Å². The molecule has 10 nitrogen and oxygen atoms in total. The molecule has 0 unspecified atom stereocenters. The maximum Gasteiger partial charge on any atom is 0.333 e. The van der Waals surface area contributed by atoms with Gasteiger partial charge >= 0.3 is 6.55 Å². The fourth-order valence-corrected chi connectivity index (χ4v) is 7.73. The number of hydrogen-bond acceptors (Lipinski definition) is 8. The number of alkyl halides is 2. The zero-order chi connectivity index (χ0) is 28.9. The van der Waals surface area contributed by atoms with E-state index in [4.69, 9.17) is 16.6 Å². The van der Waals surface area contributed by atoms with Crippen molar-refractivity contribution in [2.45, 2.75) is 44.0 Å². The highest BCUT2D eigenvalue weighted by atomic mass is 35.5. The van der Waals surface area contributed by atoms with Gasteiger partial charge in [-0.25, -0.2) is 14.1 Å². The summed E-state index contributed by atoms with van der Waals surface area (Å²) in [5.41, 5.74) is 1.73. The molecule has 3 aromatic rings. The molecule has 2 atom stereocenters.